The van der Waals surface area contributed by atoms with Crippen LogP contribution in [0, 0.1) is 0 Å². The molecule has 0 aromatic rings. The van der Waals surface area contributed by atoms with Crippen LogP contribution < -0.4 is 5.32 Å². The van der Waals surface area contributed by atoms with Crippen LogP contribution >= 0.6 is 11.6 Å². The van der Waals surface area contributed by atoms with E-state index in [0.29, 0.717) is 12.4 Å². The standard InChI is InChI=1S/C12H22ClNO/c13-9-5-6-10-14-11-12(15)7-3-1-2-4-8-12/h5-6,14-15H,1-4,7-11H2/b6-5+. The molecular formula is C12H22ClNO. The normalized spacial score (nSPS) is 21.7. The van der Waals surface area contributed by atoms with Crippen molar-refractivity contribution in [3.8, 4) is 0 Å². The lowest BCUT2D eigenvalue weighted by molar-refractivity contribution is 0.0262. The third-order valence-electron chi connectivity index (χ3n) is 3.01. The molecule has 1 rings (SSSR count). The van der Waals surface area contributed by atoms with Gasteiger partial charge < -0.3 is 10.4 Å². The van der Waals surface area contributed by atoms with Gasteiger partial charge in [0.2, 0.25) is 0 Å². The van der Waals surface area contributed by atoms with E-state index in [2.05, 4.69) is 5.32 Å². The Labute approximate surface area is 97.7 Å². The lowest BCUT2D eigenvalue weighted by Crippen LogP contribution is -2.40. The molecule has 2 nitrogen and oxygen atoms in total. The summed E-state index contributed by atoms with van der Waals surface area (Å²) in [6.45, 7) is 1.51. The van der Waals surface area contributed by atoms with Crippen molar-refractivity contribution in [2.45, 2.75) is 44.1 Å². The Morgan fingerprint density at radius 2 is 1.80 bits per heavy atom. The van der Waals surface area contributed by atoms with Gasteiger partial charge in [0, 0.05) is 19.0 Å². The molecule has 2 N–H and O–H groups in total. The molecule has 0 amide bonds. The fraction of sp³-hybridized carbons (Fsp3) is 0.833. The monoisotopic (exact) mass is 231 g/mol. The highest BCUT2D eigenvalue weighted by Gasteiger charge is 2.26. The Balaban J connectivity index is 2.19. The van der Waals surface area contributed by atoms with Crippen molar-refractivity contribution < 1.29 is 5.11 Å². The van der Waals surface area contributed by atoms with Crippen molar-refractivity contribution in [3.05, 3.63) is 12.2 Å². The third-order valence-corrected chi connectivity index (χ3v) is 3.18. The van der Waals surface area contributed by atoms with E-state index in [1.807, 2.05) is 12.2 Å². The number of allylic oxidation sites excluding steroid dienone is 1. The zero-order valence-electron chi connectivity index (χ0n) is 9.34. The molecule has 0 radical (unpaired) electrons. The number of rotatable bonds is 5. The lowest BCUT2D eigenvalue weighted by atomic mass is 9.94. The molecule has 1 aliphatic rings. The molecular weight excluding hydrogens is 210 g/mol. The largest absolute Gasteiger partial charge is 0.389 e. The van der Waals surface area contributed by atoms with E-state index in [0.717, 1.165) is 32.2 Å². The van der Waals surface area contributed by atoms with E-state index >= 15 is 0 Å². The Morgan fingerprint density at radius 1 is 1.13 bits per heavy atom. The van der Waals surface area contributed by atoms with Crippen molar-refractivity contribution in [2.24, 2.45) is 0 Å². The summed E-state index contributed by atoms with van der Waals surface area (Å²) in [6.07, 6.45) is 10.7. The predicted molar refractivity (Wildman–Crippen MR) is 65.4 cm³/mol. The Hall–Kier alpha value is -0.0500. The number of hydrogen-bond donors (Lipinski definition) is 2. The summed E-state index contributed by atoms with van der Waals surface area (Å²) in [7, 11) is 0. The second-order valence-corrected chi connectivity index (χ2v) is 4.70. The number of nitrogens with one attached hydrogen (secondary N) is 1. The maximum atomic E-state index is 10.3. The molecule has 1 saturated carbocycles. The predicted octanol–water partition coefficient (Wildman–Crippen LogP) is 2.46. The van der Waals surface area contributed by atoms with Crippen LogP contribution in [-0.4, -0.2) is 29.7 Å². The molecule has 1 fully saturated rings. The van der Waals surface area contributed by atoms with Gasteiger partial charge in [-0.25, -0.2) is 0 Å². The topological polar surface area (TPSA) is 32.3 Å². The Kier molecular flexibility index (Phi) is 6.30. The molecule has 0 aromatic heterocycles. The first-order chi connectivity index (χ1) is 7.27. The summed E-state index contributed by atoms with van der Waals surface area (Å²) in [6, 6.07) is 0. The molecule has 3 heteroatoms. The molecule has 15 heavy (non-hydrogen) atoms. The van der Waals surface area contributed by atoms with Crippen molar-refractivity contribution in [2.75, 3.05) is 19.0 Å². The molecule has 0 atom stereocenters. The van der Waals surface area contributed by atoms with Crippen LogP contribution in [0.25, 0.3) is 0 Å². The van der Waals surface area contributed by atoms with Crippen molar-refractivity contribution >= 4 is 11.6 Å². The third kappa shape index (κ3) is 5.55. The van der Waals surface area contributed by atoms with E-state index in [1.165, 1.54) is 12.8 Å². The van der Waals surface area contributed by atoms with Gasteiger partial charge in [0.15, 0.2) is 0 Å². The highest BCUT2D eigenvalue weighted by atomic mass is 35.5. The van der Waals surface area contributed by atoms with E-state index in [9.17, 15) is 5.11 Å². The van der Waals surface area contributed by atoms with Gasteiger partial charge in [0.25, 0.3) is 0 Å². The minimum Gasteiger partial charge on any atom is -0.389 e. The van der Waals surface area contributed by atoms with Gasteiger partial charge in [-0.2, -0.15) is 0 Å². The first-order valence-electron chi connectivity index (χ1n) is 5.91. The SMILES string of the molecule is OC1(CNC/C=C/CCl)CCCCCC1. The minimum atomic E-state index is -0.467. The van der Waals surface area contributed by atoms with Gasteiger partial charge in [-0.15, -0.1) is 11.6 Å². The summed E-state index contributed by atoms with van der Waals surface area (Å²) in [5, 5.41) is 13.6. The first kappa shape index (κ1) is 13.0. The van der Waals surface area contributed by atoms with Gasteiger partial charge in [0.1, 0.15) is 0 Å². The van der Waals surface area contributed by atoms with Gasteiger partial charge in [-0.1, -0.05) is 37.8 Å². The summed E-state index contributed by atoms with van der Waals surface area (Å²) >= 11 is 5.51. The zero-order chi connectivity index (χ0) is 11.0. The van der Waals surface area contributed by atoms with Crippen LogP contribution in [0.4, 0.5) is 0 Å². The number of halogens is 1. The average molecular weight is 232 g/mol. The van der Waals surface area contributed by atoms with E-state index in [4.69, 9.17) is 11.6 Å². The number of hydrogen-bond acceptors (Lipinski definition) is 2. The fourth-order valence-corrected chi connectivity index (χ4v) is 2.22. The van der Waals surface area contributed by atoms with Gasteiger partial charge >= 0.3 is 0 Å². The molecule has 0 saturated heterocycles. The summed E-state index contributed by atoms with van der Waals surface area (Å²) in [5.41, 5.74) is -0.467. The number of aliphatic hydroxyl groups is 1. The van der Waals surface area contributed by atoms with Gasteiger partial charge in [0.05, 0.1) is 5.60 Å². The lowest BCUT2D eigenvalue weighted by Gasteiger charge is -2.26. The molecule has 0 bridgehead atoms. The summed E-state index contributed by atoms with van der Waals surface area (Å²) < 4.78 is 0. The van der Waals surface area contributed by atoms with Crippen LogP contribution in [0.3, 0.4) is 0 Å². The Morgan fingerprint density at radius 3 is 2.40 bits per heavy atom. The van der Waals surface area contributed by atoms with Crippen LogP contribution in [0.15, 0.2) is 12.2 Å². The second kappa shape index (κ2) is 7.26. The zero-order valence-corrected chi connectivity index (χ0v) is 10.1. The summed E-state index contributed by atoms with van der Waals surface area (Å²) in [5.74, 6) is 0.561. The average Bonchev–Trinajstić information content (AvgIpc) is 2.43. The van der Waals surface area contributed by atoms with Gasteiger partial charge in [-0.05, 0) is 12.8 Å². The van der Waals surface area contributed by atoms with Crippen molar-refractivity contribution in [1.82, 2.24) is 5.32 Å². The van der Waals surface area contributed by atoms with E-state index in [1.54, 1.807) is 0 Å². The van der Waals surface area contributed by atoms with Crippen LogP contribution in [0.1, 0.15) is 38.5 Å². The quantitative estimate of drug-likeness (QED) is 0.330. The van der Waals surface area contributed by atoms with Crippen LogP contribution in [0.5, 0.6) is 0 Å². The molecule has 0 aromatic carbocycles. The van der Waals surface area contributed by atoms with Crippen LogP contribution in [-0.2, 0) is 0 Å². The maximum Gasteiger partial charge on any atom is 0.0771 e. The minimum absolute atomic E-state index is 0.467. The Bertz CT molecular complexity index is 186. The molecule has 88 valence electrons. The second-order valence-electron chi connectivity index (χ2n) is 4.40. The van der Waals surface area contributed by atoms with E-state index < -0.39 is 5.60 Å². The molecule has 0 spiro atoms. The smallest absolute Gasteiger partial charge is 0.0771 e. The van der Waals surface area contributed by atoms with Crippen LogP contribution in [0.2, 0.25) is 0 Å². The summed E-state index contributed by atoms with van der Waals surface area (Å²) in [4.78, 5) is 0. The van der Waals surface area contributed by atoms with Crippen molar-refractivity contribution in [3.63, 3.8) is 0 Å². The van der Waals surface area contributed by atoms with E-state index in [-0.39, 0.29) is 0 Å². The van der Waals surface area contributed by atoms with Crippen molar-refractivity contribution in [1.29, 1.82) is 0 Å². The first-order valence-corrected chi connectivity index (χ1v) is 6.44. The van der Waals surface area contributed by atoms with Gasteiger partial charge in [-0.3, -0.25) is 0 Å². The molecule has 0 heterocycles. The molecule has 1 aliphatic carbocycles. The highest BCUT2D eigenvalue weighted by molar-refractivity contribution is 6.18. The number of alkyl halides is 1. The maximum absolute atomic E-state index is 10.3. The fourth-order valence-electron chi connectivity index (χ4n) is 2.10. The highest BCUT2D eigenvalue weighted by Crippen LogP contribution is 2.26. The molecule has 0 unspecified atom stereocenters. The molecule has 0 aliphatic heterocycles.